The average molecular weight is 405 g/mol. The predicted octanol–water partition coefficient (Wildman–Crippen LogP) is 5.74. The molecule has 0 amide bonds. The molecule has 0 unspecified atom stereocenters. The predicted molar refractivity (Wildman–Crippen MR) is 96.0 cm³/mol. The molecule has 0 spiro atoms. The van der Waals surface area contributed by atoms with Gasteiger partial charge in [-0.25, -0.2) is 19.3 Å². The zero-order chi connectivity index (χ0) is 19.7. The standard InChI is InChI=1S/C19H11F4N3OS/c20-12-7-5-11(6-8-12)16-24-13(9-27-16)10-28-17-14-3-1-2-4-15(14)25-18(26-17)19(21,22)23/h1-9H,10H2. The molecule has 0 saturated carbocycles. The Morgan fingerprint density at radius 1 is 0.929 bits per heavy atom. The molecule has 4 nitrogen and oxygen atoms in total. The van der Waals surface area contributed by atoms with E-state index in [1.54, 1.807) is 18.2 Å². The molecule has 0 atom stereocenters. The molecule has 2 aromatic carbocycles. The fourth-order valence-electron chi connectivity index (χ4n) is 2.52. The summed E-state index contributed by atoms with van der Waals surface area (Å²) in [5, 5.41) is 0.743. The SMILES string of the molecule is Fc1ccc(-c2nc(CSc3nc(C(F)(F)F)nc4ccccc34)co2)cc1. The maximum atomic E-state index is 13.1. The molecule has 2 heterocycles. The third kappa shape index (κ3) is 3.84. The second kappa shape index (κ2) is 7.23. The lowest BCUT2D eigenvalue weighted by molar-refractivity contribution is -0.145. The summed E-state index contributed by atoms with van der Waals surface area (Å²) in [5.74, 6) is -0.995. The van der Waals surface area contributed by atoms with Crippen molar-refractivity contribution in [3.63, 3.8) is 0 Å². The molecule has 142 valence electrons. The first kappa shape index (κ1) is 18.4. The first-order chi connectivity index (χ1) is 13.4. The van der Waals surface area contributed by atoms with E-state index in [0.717, 1.165) is 11.8 Å². The molecular weight excluding hydrogens is 394 g/mol. The van der Waals surface area contributed by atoms with E-state index in [2.05, 4.69) is 15.0 Å². The number of nitrogens with zero attached hydrogens (tertiary/aromatic N) is 3. The van der Waals surface area contributed by atoms with Gasteiger partial charge in [0.25, 0.3) is 0 Å². The molecule has 2 aromatic heterocycles. The summed E-state index contributed by atoms with van der Waals surface area (Å²) in [4.78, 5) is 11.6. The van der Waals surface area contributed by atoms with E-state index in [1.807, 2.05) is 0 Å². The Hall–Kier alpha value is -2.94. The van der Waals surface area contributed by atoms with Crippen LogP contribution in [-0.2, 0) is 11.9 Å². The summed E-state index contributed by atoms with van der Waals surface area (Å²) in [6, 6.07) is 12.2. The molecule has 0 aliphatic carbocycles. The quantitative estimate of drug-likeness (QED) is 0.246. The van der Waals surface area contributed by atoms with Gasteiger partial charge < -0.3 is 4.42 Å². The van der Waals surface area contributed by atoms with Gasteiger partial charge in [-0.15, -0.1) is 0 Å². The minimum Gasteiger partial charge on any atom is -0.444 e. The molecule has 9 heteroatoms. The highest BCUT2D eigenvalue weighted by Crippen LogP contribution is 2.33. The van der Waals surface area contributed by atoms with Crippen molar-refractivity contribution in [2.24, 2.45) is 0 Å². The largest absolute Gasteiger partial charge is 0.451 e. The first-order valence-corrected chi connectivity index (χ1v) is 9.06. The lowest BCUT2D eigenvalue weighted by Gasteiger charge is -2.09. The number of oxazole rings is 1. The number of hydrogen-bond donors (Lipinski definition) is 0. The summed E-state index contributed by atoms with van der Waals surface area (Å²) < 4.78 is 57.7. The number of rotatable bonds is 4. The topological polar surface area (TPSA) is 51.8 Å². The first-order valence-electron chi connectivity index (χ1n) is 8.07. The van der Waals surface area contributed by atoms with Crippen molar-refractivity contribution in [3.05, 3.63) is 72.1 Å². The van der Waals surface area contributed by atoms with Gasteiger partial charge in [-0.3, -0.25) is 0 Å². The zero-order valence-corrected chi connectivity index (χ0v) is 14.9. The van der Waals surface area contributed by atoms with Crippen LogP contribution in [0.25, 0.3) is 22.4 Å². The molecule has 0 N–H and O–H groups in total. The van der Waals surface area contributed by atoms with Gasteiger partial charge in [0, 0.05) is 16.7 Å². The number of alkyl halides is 3. The van der Waals surface area contributed by atoms with Crippen LogP contribution in [-0.4, -0.2) is 15.0 Å². The third-order valence-corrected chi connectivity index (χ3v) is 4.85. The van der Waals surface area contributed by atoms with E-state index in [9.17, 15) is 17.6 Å². The summed E-state index contributed by atoms with van der Waals surface area (Å²) in [6.45, 7) is 0. The highest BCUT2D eigenvalue weighted by atomic mass is 32.2. The van der Waals surface area contributed by atoms with Gasteiger partial charge in [0.2, 0.25) is 11.7 Å². The van der Waals surface area contributed by atoms with Gasteiger partial charge in [-0.1, -0.05) is 30.0 Å². The van der Waals surface area contributed by atoms with Crippen molar-refractivity contribution in [3.8, 4) is 11.5 Å². The Bertz CT molecular complexity index is 1130. The lowest BCUT2D eigenvalue weighted by Crippen LogP contribution is -2.11. The van der Waals surface area contributed by atoms with Crippen molar-refractivity contribution in [1.29, 1.82) is 0 Å². The van der Waals surface area contributed by atoms with Gasteiger partial charge in [0.15, 0.2) is 0 Å². The van der Waals surface area contributed by atoms with E-state index >= 15 is 0 Å². The highest BCUT2D eigenvalue weighted by Gasteiger charge is 2.35. The van der Waals surface area contributed by atoms with Crippen LogP contribution in [0.4, 0.5) is 17.6 Å². The van der Waals surface area contributed by atoms with Gasteiger partial charge in [-0.2, -0.15) is 13.2 Å². The Balaban J connectivity index is 1.60. The van der Waals surface area contributed by atoms with Crippen LogP contribution in [0.2, 0.25) is 0 Å². The number of aromatic nitrogens is 3. The number of hydrogen-bond acceptors (Lipinski definition) is 5. The van der Waals surface area contributed by atoms with E-state index in [-0.39, 0.29) is 22.1 Å². The fraction of sp³-hybridized carbons (Fsp3) is 0.105. The molecule has 0 fully saturated rings. The Labute approximate surface area is 160 Å². The summed E-state index contributed by atoms with van der Waals surface area (Å²) >= 11 is 1.11. The van der Waals surface area contributed by atoms with E-state index in [4.69, 9.17) is 4.42 Å². The monoisotopic (exact) mass is 405 g/mol. The van der Waals surface area contributed by atoms with Crippen molar-refractivity contribution in [2.75, 3.05) is 0 Å². The van der Waals surface area contributed by atoms with Crippen molar-refractivity contribution in [1.82, 2.24) is 15.0 Å². The number of fused-ring (bicyclic) bond motifs is 1. The second-order valence-corrected chi connectivity index (χ2v) is 6.77. The van der Waals surface area contributed by atoms with E-state index in [0.29, 0.717) is 22.5 Å². The van der Waals surface area contributed by atoms with Gasteiger partial charge in [0.05, 0.1) is 11.2 Å². The van der Waals surface area contributed by atoms with E-state index < -0.39 is 12.0 Å². The highest BCUT2D eigenvalue weighted by molar-refractivity contribution is 7.98. The minimum atomic E-state index is -4.64. The molecule has 0 aliphatic rings. The summed E-state index contributed by atoms with van der Waals surface area (Å²) in [7, 11) is 0. The van der Waals surface area contributed by atoms with Crippen LogP contribution in [0.3, 0.4) is 0 Å². The van der Waals surface area contributed by atoms with Crippen LogP contribution in [0, 0.1) is 5.82 Å². The molecule has 4 rings (SSSR count). The molecule has 0 saturated heterocycles. The molecule has 4 aromatic rings. The molecule has 28 heavy (non-hydrogen) atoms. The zero-order valence-electron chi connectivity index (χ0n) is 14.1. The van der Waals surface area contributed by atoms with Crippen LogP contribution in [0.5, 0.6) is 0 Å². The van der Waals surface area contributed by atoms with Crippen molar-refractivity contribution >= 4 is 22.7 Å². The number of benzene rings is 2. The van der Waals surface area contributed by atoms with Crippen LogP contribution < -0.4 is 0 Å². The van der Waals surface area contributed by atoms with E-state index in [1.165, 1.54) is 36.6 Å². The average Bonchev–Trinajstić information content (AvgIpc) is 3.15. The lowest BCUT2D eigenvalue weighted by atomic mass is 10.2. The minimum absolute atomic E-state index is 0.212. The van der Waals surface area contributed by atoms with Crippen LogP contribution in [0.1, 0.15) is 11.5 Å². The maximum absolute atomic E-state index is 13.1. The molecule has 0 aliphatic heterocycles. The smallest absolute Gasteiger partial charge is 0.444 e. The summed E-state index contributed by atoms with van der Waals surface area (Å²) in [5.41, 5.74) is 1.35. The van der Waals surface area contributed by atoms with Crippen molar-refractivity contribution < 1.29 is 22.0 Å². The fourth-order valence-corrected chi connectivity index (χ4v) is 3.42. The van der Waals surface area contributed by atoms with Gasteiger partial charge in [0.1, 0.15) is 17.1 Å². The number of thioether (sulfide) groups is 1. The number of halogens is 4. The Kier molecular flexibility index (Phi) is 4.76. The third-order valence-electron chi connectivity index (χ3n) is 3.82. The van der Waals surface area contributed by atoms with Gasteiger partial charge >= 0.3 is 6.18 Å². The number of para-hydroxylation sites is 1. The van der Waals surface area contributed by atoms with Crippen LogP contribution >= 0.6 is 11.8 Å². The Morgan fingerprint density at radius 2 is 1.68 bits per heavy atom. The maximum Gasteiger partial charge on any atom is 0.451 e. The second-order valence-electron chi connectivity index (χ2n) is 5.81. The van der Waals surface area contributed by atoms with Crippen molar-refractivity contribution in [2.45, 2.75) is 17.0 Å². The van der Waals surface area contributed by atoms with Gasteiger partial charge in [-0.05, 0) is 30.3 Å². The van der Waals surface area contributed by atoms with Crippen LogP contribution in [0.15, 0.2) is 64.2 Å². The Morgan fingerprint density at radius 3 is 2.43 bits per heavy atom. The molecule has 0 radical (unpaired) electrons. The molecular formula is C19H11F4N3OS. The normalized spacial score (nSPS) is 11.9. The molecule has 0 bridgehead atoms. The summed E-state index contributed by atoms with van der Waals surface area (Å²) in [6.07, 6.45) is -3.22.